The van der Waals surface area contributed by atoms with Crippen molar-refractivity contribution in [2.45, 2.75) is 20.4 Å². The van der Waals surface area contributed by atoms with Crippen LogP contribution in [0.2, 0.25) is 0 Å². The van der Waals surface area contributed by atoms with E-state index < -0.39 is 11.3 Å². The van der Waals surface area contributed by atoms with Gasteiger partial charge in [-0.25, -0.2) is 0 Å². The number of piperazine rings is 1. The molecule has 127 valence electrons. The summed E-state index contributed by atoms with van der Waals surface area (Å²) in [5, 5.41) is 8.82. The highest BCUT2D eigenvalue weighted by Gasteiger charge is 2.32. The van der Waals surface area contributed by atoms with Crippen LogP contribution in [0, 0.1) is 23.2 Å². The van der Waals surface area contributed by atoms with E-state index in [0.29, 0.717) is 18.7 Å². The molecule has 0 aliphatic carbocycles. The van der Waals surface area contributed by atoms with Crippen LogP contribution in [0.5, 0.6) is 0 Å². The summed E-state index contributed by atoms with van der Waals surface area (Å²) in [6, 6.07) is 9.65. The molecule has 1 aliphatic rings. The second-order valence-electron chi connectivity index (χ2n) is 6.64. The molecule has 24 heavy (non-hydrogen) atoms. The van der Waals surface area contributed by atoms with Gasteiger partial charge in [0.05, 0.1) is 23.5 Å². The molecule has 0 saturated carbocycles. The Hall–Kier alpha value is -2.39. The minimum atomic E-state index is -0.934. The Morgan fingerprint density at radius 2 is 1.79 bits per heavy atom. The molecular weight excluding hydrogens is 304 g/mol. The highest BCUT2D eigenvalue weighted by atomic mass is 16.2. The third kappa shape index (κ3) is 4.56. The zero-order chi connectivity index (χ0) is 17.7. The van der Waals surface area contributed by atoms with Gasteiger partial charge in [-0.1, -0.05) is 26.0 Å². The van der Waals surface area contributed by atoms with Gasteiger partial charge in [-0.05, 0) is 17.7 Å². The Morgan fingerprint density at radius 3 is 2.29 bits per heavy atom. The number of nitriles is 1. The van der Waals surface area contributed by atoms with Crippen LogP contribution >= 0.6 is 0 Å². The van der Waals surface area contributed by atoms with Crippen molar-refractivity contribution in [1.29, 1.82) is 5.26 Å². The Bertz CT molecular complexity index is 638. The lowest BCUT2D eigenvalue weighted by molar-refractivity contribution is -0.134. The Balaban J connectivity index is 1.83. The maximum absolute atomic E-state index is 12.3. The molecule has 1 aromatic rings. The fraction of sp³-hybridized carbons (Fsp3) is 0.444. The monoisotopic (exact) mass is 327 g/mol. The van der Waals surface area contributed by atoms with Crippen molar-refractivity contribution in [2.24, 2.45) is 11.1 Å². The van der Waals surface area contributed by atoms with Gasteiger partial charge in [-0.3, -0.25) is 14.5 Å². The number of benzene rings is 1. The zero-order valence-corrected chi connectivity index (χ0v) is 14.2. The number of nitrogens with two attached hydrogens (primary N) is 1. The summed E-state index contributed by atoms with van der Waals surface area (Å²) < 4.78 is 0. The molecule has 1 radical (unpaired) electrons. The van der Waals surface area contributed by atoms with E-state index >= 15 is 0 Å². The van der Waals surface area contributed by atoms with Crippen molar-refractivity contribution in [3.05, 3.63) is 41.8 Å². The van der Waals surface area contributed by atoms with Crippen molar-refractivity contribution in [2.75, 3.05) is 26.2 Å². The Morgan fingerprint density at radius 1 is 1.21 bits per heavy atom. The molecule has 0 aromatic heterocycles. The Labute approximate surface area is 142 Å². The lowest BCUT2D eigenvalue weighted by Crippen LogP contribution is -2.50. The molecule has 0 bridgehead atoms. The van der Waals surface area contributed by atoms with Crippen molar-refractivity contribution < 1.29 is 9.59 Å². The highest BCUT2D eigenvalue weighted by molar-refractivity contribution is 5.94. The zero-order valence-electron chi connectivity index (χ0n) is 14.2. The topological polar surface area (TPSA) is 90.4 Å². The normalized spacial score (nSPS) is 15.8. The summed E-state index contributed by atoms with van der Waals surface area (Å²) in [6.45, 7) is 6.89. The van der Waals surface area contributed by atoms with E-state index in [4.69, 9.17) is 11.0 Å². The molecule has 1 fully saturated rings. The molecule has 6 nitrogen and oxygen atoms in total. The van der Waals surface area contributed by atoms with Crippen LogP contribution in [0.4, 0.5) is 0 Å². The van der Waals surface area contributed by atoms with Gasteiger partial charge in [0.2, 0.25) is 11.8 Å². The highest BCUT2D eigenvalue weighted by Crippen LogP contribution is 2.20. The average Bonchev–Trinajstić information content (AvgIpc) is 2.55. The first-order chi connectivity index (χ1) is 11.3. The number of primary amides is 1. The molecule has 0 spiro atoms. The van der Waals surface area contributed by atoms with Gasteiger partial charge < -0.3 is 10.6 Å². The van der Waals surface area contributed by atoms with E-state index in [9.17, 15) is 9.59 Å². The minimum absolute atomic E-state index is 0.142. The van der Waals surface area contributed by atoms with E-state index in [1.54, 1.807) is 18.7 Å². The van der Waals surface area contributed by atoms with E-state index in [0.717, 1.165) is 25.2 Å². The van der Waals surface area contributed by atoms with Crippen LogP contribution in [-0.2, 0) is 16.1 Å². The molecule has 2 amide bonds. The van der Waals surface area contributed by atoms with Gasteiger partial charge >= 0.3 is 0 Å². The molecular formula is C18H23N4O2. The first kappa shape index (κ1) is 18.0. The van der Waals surface area contributed by atoms with Crippen molar-refractivity contribution in [3.63, 3.8) is 0 Å². The van der Waals surface area contributed by atoms with E-state index in [-0.39, 0.29) is 5.91 Å². The molecule has 2 N–H and O–H groups in total. The van der Waals surface area contributed by atoms with Crippen LogP contribution in [0.25, 0.3) is 0 Å². The first-order valence-electron chi connectivity index (χ1n) is 7.98. The van der Waals surface area contributed by atoms with E-state index in [1.165, 1.54) is 6.42 Å². The lowest BCUT2D eigenvalue weighted by atomic mass is 9.88. The fourth-order valence-corrected chi connectivity index (χ4v) is 2.54. The second-order valence-corrected chi connectivity index (χ2v) is 6.64. The fourth-order valence-electron chi connectivity index (χ4n) is 2.54. The standard InChI is InChI=1S/C18H23N4O2/c1-18(2,17(20)24)11-16(23)22-9-7-21(8-10-22)13-15-5-3-14(12-19)4-6-15/h3-6,11H,7-10,13H2,1-2H3,(H2,20,24). The number of hydrogen-bond donors (Lipinski definition) is 1. The van der Waals surface area contributed by atoms with E-state index in [1.807, 2.05) is 24.3 Å². The van der Waals surface area contributed by atoms with Crippen molar-refractivity contribution >= 4 is 11.8 Å². The molecule has 0 unspecified atom stereocenters. The third-order valence-electron chi connectivity index (χ3n) is 4.29. The van der Waals surface area contributed by atoms with Gasteiger partial charge in [0.15, 0.2) is 0 Å². The molecule has 1 aliphatic heterocycles. The third-order valence-corrected chi connectivity index (χ3v) is 4.29. The van der Waals surface area contributed by atoms with Crippen LogP contribution < -0.4 is 5.73 Å². The summed E-state index contributed by atoms with van der Waals surface area (Å²) in [4.78, 5) is 27.6. The summed E-state index contributed by atoms with van der Waals surface area (Å²) in [5.74, 6) is -0.646. The summed E-state index contributed by atoms with van der Waals surface area (Å²) in [6.07, 6.45) is 1.41. The quantitative estimate of drug-likeness (QED) is 0.870. The summed E-state index contributed by atoms with van der Waals surface area (Å²) in [5.41, 5.74) is 6.18. The molecule has 0 atom stereocenters. The number of carbonyl (C=O) groups is 2. The predicted molar refractivity (Wildman–Crippen MR) is 90.3 cm³/mol. The number of hydrogen-bond acceptors (Lipinski definition) is 4. The lowest BCUT2D eigenvalue weighted by Gasteiger charge is -2.36. The van der Waals surface area contributed by atoms with Crippen LogP contribution in [0.3, 0.4) is 0 Å². The van der Waals surface area contributed by atoms with Gasteiger partial charge in [0, 0.05) is 32.7 Å². The molecule has 1 aromatic carbocycles. The van der Waals surface area contributed by atoms with Gasteiger partial charge in [-0.2, -0.15) is 5.26 Å². The smallest absolute Gasteiger partial charge is 0.227 e. The van der Waals surface area contributed by atoms with Gasteiger partial charge in [0.1, 0.15) is 0 Å². The molecule has 1 heterocycles. The van der Waals surface area contributed by atoms with Crippen molar-refractivity contribution in [3.8, 4) is 6.07 Å². The summed E-state index contributed by atoms with van der Waals surface area (Å²) in [7, 11) is 0. The molecule has 6 heteroatoms. The van der Waals surface area contributed by atoms with Crippen LogP contribution in [-0.4, -0.2) is 47.8 Å². The maximum atomic E-state index is 12.3. The summed E-state index contributed by atoms with van der Waals surface area (Å²) >= 11 is 0. The minimum Gasteiger partial charge on any atom is -0.369 e. The predicted octanol–water partition coefficient (Wildman–Crippen LogP) is 0.918. The number of nitrogens with zero attached hydrogens (tertiary/aromatic N) is 3. The molecule has 1 saturated heterocycles. The van der Waals surface area contributed by atoms with Gasteiger partial charge in [0.25, 0.3) is 0 Å². The first-order valence-corrected chi connectivity index (χ1v) is 7.98. The number of rotatable bonds is 5. The Kier molecular flexibility index (Phi) is 5.58. The van der Waals surface area contributed by atoms with Crippen LogP contribution in [0.15, 0.2) is 24.3 Å². The van der Waals surface area contributed by atoms with Crippen molar-refractivity contribution in [1.82, 2.24) is 9.80 Å². The molecule has 2 rings (SSSR count). The second kappa shape index (κ2) is 7.45. The number of carbonyl (C=O) groups excluding carboxylic acids is 2. The maximum Gasteiger partial charge on any atom is 0.227 e. The van der Waals surface area contributed by atoms with E-state index in [2.05, 4.69) is 11.0 Å². The van der Waals surface area contributed by atoms with Crippen LogP contribution in [0.1, 0.15) is 25.0 Å². The largest absolute Gasteiger partial charge is 0.369 e. The number of amides is 2. The SMILES string of the molecule is CC(C)([CH]C(=O)N1CCN(Cc2ccc(C#N)cc2)CC1)C(N)=O. The average molecular weight is 327 g/mol. The van der Waals surface area contributed by atoms with Gasteiger partial charge in [-0.15, -0.1) is 0 Å².